The van der Waals surface area contributed by atoms with Crippen LogP contribution in [-0.2, 0) is 6.42 Å². The summed E-state index contributed by atoms with van der Waals surface area (Å²) >= 11 is 0. The van der Waals surface area contributed by atoms with E-state index < -0.39 is 0 Å². The van der Waals surface area contributed by atoms with E-state index >= 15 is 0 Å². The van der Waals surface area contributed by atoms with Gasteiger partial charge in [0, 0.05) is 17.3 Å². The molecule has 0 aliphatic carbocycles. The Hall–Kier alpha value is -3.47. The molecular formula is C21H19N5. The van der Waals surface area contributed by atoms with Crippen LogP contribution in [0.4, 0.5) is 23.1 Å². The summed E-state index contributed by atoms with van der Waals surface area (Å²) in [5, 5.41) is 7.60. The number of pyridine rings is 1. The minimum absolute atomic E-state index is 0.549. The van der Waals surface area contributed by atoms with E-state index in [4.69, 9.17) is 0 Å². The highest BCUT2D eigenvalue weighted by Crippen LogP contribution is 2.20. The molecule has 2 aromatic carbocycles. The predicted molar refractivity (Wildman–Crippen MR) is 106 cm³/mol. The molecule has 0 aliphatic heterocycles. The number of hydrogen-bond acceptors (Lipinski definition) is 5. The van der Waals surface area contributed by atoms with Crippen molar-refractivity contribution in [2.24, 2.45) is 0 Å². The van der Waals surface area contributed by atoms with Gasteiger partial charge in [-0.25, -0.2) is 4.98 Å². The third-order valence-electron chi connectivity index (χ3n) is 4.14. The lowest BCUT2D eigenvalue weighted by Crippen LogP contribution is -2.00. The number of aryl methyl sites for hydroxylation is 1. The molecule has 2 heterocycles. The second-order valence-electron chi connectivity index (χ2n) is 5.98. The van der Waals surface area contributed by atoms with Crippen LogP contribution in [0, 0.1) is 0 Å². The first-order valence-electron chi connectivity index (χ1n) is 8.61. The fourth-order valence-corrected chi connectivity index (χ4v) is 2.73. The van der Waals surface area contributed by atoms with E-state index in [9.17, 15) is 0 Å². The lowest BCUT2D eigenvalue weighted by atomic mass is 10.1. The Morgan fingerprint density at radius 1 is 0.846 bits per heavy atom. The van der Waals surface area contributed by atoms with Gasteiger partial charge in [0.1, 0.15) is 5.82 Å². The molecule has 128 valence electrons. The molecular weight excluding hydrogens is 322 g/mol. The monoisotopic (exact) mass is 341 g/mol. The Morgan fingerprint density at radius 2 is 1.69 bits per heavy atom. The van der Waals surface area contributed by atoms with E-state index in [0.29, 0.717) is 11.8 Å². The number of nitrogens with zero attached hydrogens (tertiary/aromatic N) is 3. The van der Waals surface area contributed by atoms with Crippen LogP contribution >= 0.6 is 0 Å². The maximum Gasteiger partial charge on any atom is 0.229 e. The average molecular weight is 341 g/mol. The molecule has 2 N–H and O–H groups in total. The average Bonchev–Trinajstić information content (AvgIpc) is 2.69. The standard InChI is InChI=1S/C21H19N5/c1-2-15-7-9-17(10-8-15)25-21-22-12-11-20(26-21)24-18-13-16-5-3-4-6-19(16)23-14-18/h3-14H,2H2,1H3,(H2,22,24,25,26). The van der Waals surface area contributed by atoms with Crippen molar-refractivity contribution in [3.05, 3.63) is 78.6 Å². The quantitative estimate of drug-likeness (QED) is 0.530. The first-order chi connectivity index (χ1) is 12.8. The van der Waals surface area contributed by atoms with E-state index in [0.717, 1.165) is 28.7 Å². The predicted octanol–water partition coefficient (Wildman–Crippen LogP) is 5.07. The van der Waals surface area contributed by atoms with Gasteiger partial charge in [-0.2, -0.15) is 4.98 Å². The Labute approximate surface area is 152 Å². The molecule has 2 aromatic heterocycles. The molecule has 0 bridgehead atoms. The zero-order valence-electron chi connectivity index (χ0n) is 14.5. The molecule has 0 saturated heterocycles. The van der Waals surface area contributed by atoms with Crippen molar-refractivity contribution in [3.8, 4) is 0 Å². The van der Waals surface area contributed by atoms with Crippen LogP contribution in [0.15, 0.2) is 73.1 Å². The molecule has 0 spiro atoms. The van der Waals surface area contributed by atoms with Crippen LogP contribution in [0.25, 0.3) is 10.9 Å². The van der Waals surface area contributed by atoms with Crippen LogP contribution in [0.5, 0.6) is 0 Å². The Balaban J connectivity index is 1.52. The molecule has 5 nitrogen and oxygen atoms in total. The molecule has 0 unspecified atom stereocenters. The number of aromatic nitrogens is 3. The molecule has 0 atom stereocenters. The fraction of sp³-hybridized carbons (Fsp3) is 0.0952. The third kappa shape index (κ3) is 3.62. The highest BCUT2D eigenvalue weighted by Gasteiger charge is 2.03. The van der Waals surface area contributed by atoms with Crippen molar-refractivity contribution >= 4 is 34.0 Å². The summed E-state index contributed by atoms with van der Waals surface area (Å²) in [6, 6.07) is 20.2. The highest BCUT2D eigenvalue weighted by molar-refractivity contribution is 5.82. The largest absolute Gasteiger partial charge is 0.339 e. The fourth-order valence-electron chi connectivity index (χ4n) is 2.73. The lowest BCUT2D eigenvalue weighted by molar-refractivity contribution is 1.14. The second kappa shape index (κ2) is 7.19. The lowest BCUT2D eigenvalue weighted by Gasteiger charge is -2.09. The Bertz CT molecular complexity index is 1030. The number of hydrogen-bond donors (Lipinski definition) is 2. The van der Waals surface area contributed by atoms with Gasteiger partial charge in [0.2, 0.25) is 5.95 Å². The molecule has 26 heavy (non-hydrogen) atoms. The molecule has 4 rings (SSSR count). The van der Waals surface area contributed by atoms with Gasteiger partial charge in [-0.15, -0.1) is 0 Å². The smallest absolute Gasteiger partial charge is 0.229 e. The van der Waals surface area contributed by atoms with Crippen LogP contribution in [0.1, 0.15) is 12.5 Å². The number of benzene rings is 2. The topological polar surface area (TPSA) is 62.7 Å². The Morgan fingerprint density at radius 3 is 2.54 bits per heavy atom. The van der Waals surface area contributed by atoms with Gasteiger partial charge in [-0.1, -0.05) is 37.3 Å². The maximum absolute atomic E-state index is 4.52. The highest BCUT2D eigenvalue weighted by atomic mass is 15.1. The first kappa shape index (κ1) is 16.0. The minimum Gasteiger partial charge on any atom is -0.339 e. The van der Waals surface area contributed by atoms with Gasteiger partial charge in [0.05, 0.1) is 17.4 Å². The zero-order chi connectivity index (χ0) is 17.8. The van der Waals surface area contributed by atoms with Crippen LogP contribution in [0.2, 0.25) is 0 Å². The third-order valence-corrected chi connectivity index (χ3v) is 4.14. The number of anilines is 4. The minimum atomic E-state index is 0.549. The van der Waals surface area contributed by atoms with Crippen molar-refractivity contribution in [2.75, 3.05) is 10.6 Å². The van der Waals surface area contributed by atoms with Gasteiger partial charge in [-0.3, -0.25) is 4.98 Å². The summed E-state index contributed by atoms with van der Waals surface area (Å²) in [7, 11) is 0. The summed E-state index contributed by atoms with van der Waals surface area (Å²) < 4.78 is 0. The summed E-state index contributed by atoms with van der Waals surface area (Å²) in [6.07, 6.45) is 4.56. The van der Waals surface area contributed by atoms with Crippen molar-refractivity contribution in [3.63, 3.8) is 0 Å². The number of rotatable bonds is 5. The van der Waals surface area contributed by atoms with Crippen molar-refractivity contribution in [1.29, 1.82) is 0 Å². The summed E-state index contributed by atoms with van der Waals surface area (Å²) in [4.78, 5) is 13.3. The van der Waals surface area contributed by atoms with E-state index in [1.165, 1.54) is 5.56 Å². The molecule has 0 fully saturated rings. The van der Waals surface area contributed by atoms with Gasteiger partial charge < -0.3 is 10.6 Å². The van der Waals surface area contributed by atoms with E-state index in [1.807, 2.05) is 42.5 Å². The van der Waals surface area contributed by atoms with E-state index in [2.05, 4.69) is 50.7 Å². The number of para-hydroxylation sites is 1. The second-order valence-corrected chi connectivity index (χ2v) is 5.98. The first-order valence-corrected chi connectivity index (χ1v) is 8.61. The molecule has 4 aromatic rings. The summed E-state index contributed by atoms with van der Waals surface area (Å²) in [5.41, 5.74) is 4.13. The van der Waals surface area contributed by atoms with Gasteiger partial charge >= 0.3 is 0 Å². The van der Waals surface area contributed by atoms with E-state index in [1.54, 1.807) is 12.4 Å². The molecule has 0 radical (unpaired) electrons. The van der Waals surface area contributed by atoms with Crippen LogP contribution in [-0.4, -0.2) is 15.0 Å². The molecule has 0 amide bonds. The Kier molecular flexibility index (Phi) is 4.43. The molecule has 5 heteroatoms. The van der Waals surface area contributed by atoms with Crippen molar-refractivity contribution in [2.45, 2.75) is 13.3 Å². The normalized spacial score (nSPS) is 10.7. The number of nitrogens with one attached hydrogen (secondary N) is 2. The summed E-state index contributed by atoms with van der Waals surface area (Å²) in [5.74, 6) is 1.26. The SMILES string of the molecule is CCc1ccc(Nc2nccc(Nc3cnc4ccccc4c3)n2)cc1. The van der Waals surface area contributed by atoms with Crippen LogP contribution < -0.4 is 10.6 Å². The van der Waals surface area contributed by atoms with E-state index in [-0.39, 0.29) is 0 Å². The van der Waals surface area contributed by atoms with Crippen LogP contribution in [0.3, 0.4) is 0 Å². The van der Waals surface area contributed by atoms with Gasteiger partial charge in [0.25, 0.3) is 0 Å². The molecule has 0 aliphatic rings. The van der Waals surface area contributed by atoms with Gasteiger partial charge in [-0.05, 0) is 42.3 Å². The van der Waals surface area contributed by atoms with Gasteiger partial charge in [0.15, 0.2) is 0 Å². The molecule has 0 saturated carbocycles. The van der Waals surface area contributed by atoms with Crippen molar-refractivity contribution in [1.82, 2.24) is 15.0 Å². The number of fused-ring (bicyclic) bond motifs is 1. The summed E-state index contributed by atoms with van der Waals surface area (Å²) in [6.45, 7) is 2.14. The zero-order valence-corrected chi connectivity index (χ0v) is 14.5. The van der Waals surface area contributed by atoms with Crippen molar-refractivity contribution < 1.29 is 0 Å². The maximum atomic E-state index is 4.52.